The highest BCUT2D eigenvalue weighted by atomic mass is 32.2. The van der Waals surface area contributed by atoms with E-state index in [1.165, 1.54) is 11.8 Å². The van der Waals surface area contributed by atoms with Gasteiger partial charge in [0, 0.05) is 23.9 Å². The van der Waals surface area contributed by atoms with Gasteiger partial charge in [-0.2, -0.15) is 0 Å². The van der Waals surface area contributed by atoms with Gasteiger partial charge >= 0.3 is 5.69 Å². The molecule has 3 rings (SSSR count). The highest BCUT2D eigenvalue weighted by Gasteiger charge is 2.11. The quantitative estimate of drug-likeness (QED) is 0.708. The second-order valence-corrected chi connectivity index (χ2v) is 5.74. The highest BCUT2D eigenvalue weighted by Crippen LogP contribution is 2.24. The molecule has 0 aliphatic rings. The maximum Gasteiger partial charge on any atom is 0.343 e. The number of hydrogen-bond acceptors (Lipinski definition) is 5. The standard InChI is InChI=1S/C15H16N4O2S/c1-2-8-19-14(20)16-17-15(19)22-10-12-9-13(21-18-12)11-6-4-3-5-7-11/h3-7,9H,2,8,10H2,1H3,(H,16,20). The van der Waals surface area contributed by atoms with Gasteiger partial charge in [0.1, 0.15) is 0 Å². The average molecular weight is 316 g/mol. The van der Waals surface area contributed by atoms with Crippen molar-refractivity contribution >= 4 is 11.8 Å². The predicted molar refractivity (Wildman–Crippen MR) is 84.6 cm³/mol. The molecule has 0 spiro atoms. The second-order valence-electron chi connectivity index (χ2n) is 4.80. The largest absolute Gasteiger partial charge is 0.356 e. The molecule has 114 valence electrons. The molecule has 0 radical (unpaired) electrons. The zero-order valence-electron chi connectivity index (χ0n) is 12.2. The zero-order valence-corrected chi connectivity index (χ0v) is 13.0. The Kier molecular flexibility index (Phi) is 4.43. The molecule has 0 aliphatic carbocycles. The van der Waals surface area contributed by atoms with Crippen LogP contribution in [0.4, 0.5) is 0 Å². The Labute approximate surface area is 131 Å². The van der Waals surface area contributed by atoms with Crippen molar-refractivity contribution in [3.63, 3.8) is 0 Å². The number of rotatable bonds is 6. The maximum absolute atomic E-state index is 11.6. The average Bonchev–Trinajstić information content (AvgIpc) is 3.15. The minimum atomic E-state index is -0.172. The second kappa shape index (κ2) is 6.65. The lowest BCUT2D eigenvalue weighted by Crippen LogP contribution is -2.17. The van der Waals surface area contributed by atoms with Gasteiger partial charge in [0.25, 0.3) is 0 Å². The molecule has 7 heteroatoms. The summed E-state index contributed by atoms with van der Waals surface area (Å²) < 4.78 is 7.00. The summed E-state index contributed by atoms with van der Waals surface area (Å²) in [5, 5.41) is 11.3. The fourth-order valence-electron chi connectivity index (χ4n) is 2.09. The van der Waals surface area contributed by atoms with Crippen molar-refractivity contribution in [3.05, 3.63) is 52.6 Å². The van der Waals surface area contributed by atoms with E-state index in [1.807, 2.05) is 43.3 Å². The molecule has 1 aromatic carbocycles. The minimum Gasteiger partial charge on any atom is -0.356 e. The molecule has 2 aromatic heterocycles. The molecule has 0 atom stereocenters. The molecule has 3 aromatic rings. The third-order valence-corrected chi connectivity index (χ3v) is 4.15. The van der Waals surface area contributed by atoms with E-state index < -0.39 is 0 Å². The zero-order chi connectivity index (χ0) is 15.4. The first-order valence-corrected chi connectivity index (χ1v) is 8.05. The summed E-state index contributed by atoms with van der Waals surface area (Å²) in [5.74, 6) is 1.34. The molecule has 0 aliphatic heterocycles. The first kappa shape index (κ1) is 14.6. The van der Waals surface area contributed by atoms with Crippen LogP contribution in [0.5, 0.6) is 0 Å². The number of benzene rings is 1. The summed E-state index contributed by atoms with van der Waals surface area (Å²) in [4.78, 5) is 11.6. The molecule has 0 amide bonds. The van der Waals surface area contributed by atoms with E-state index in [4.69, 9.17) is 4.52 Å². The van der Waals surface area contributed by atoms with Gasteiger partial charge in [-0.25, -0.2) is 9.89 Å². The van der Waals surface area contributed by atoms with Gasteiger partial charge in [-0.1, -0.05) is 54.2 Å². The summed E-state index contributed by atoms with van der Waals surface area (Å²) in [5.41, 5.74) is 1.64. The van der Waals surface area contributed by atoms with Gasteiger partial charge in [0.2, 0.25) is 0 Å². The van der Waals surface area contributed by atoms with E-state index in [0.717, 1.165) is 23.4 Å². The SMILES string of the molecule is CCCn1c(SCc2cc(-c3ccccc3)on2)n[nH]c1=O. The summed E-state index contributed by atoms with van der Waals surface area (Å²) in [6.07, 6.45) is 0.884. The van der Waals surface area contributed by atoms with Crippen molar-refractivity contribution < 1.29 is 4.52 Å². The number of aromatic nitrogens is 4. The molecule has 0 fully saturated rings. The van der Waals surface area contributed by atoms with Crippen LogP contribution in [0.1, 0.15) is 19.0 Å². The molecular formula is C15H16N4O2S. The molecule has 1 N–H and O–H groups in total. The van der Waals surface area contributed by atoms with Crippen molar-refractivity contribution in [2.75, 3.05) is 0 Å². The molecule has 0 saturated heterocycles. The van der Waals surface area contributed by atoms with Crippen LogP contribution in [0.25, 0.3) is 11.3 Å². The summed E-state index contributed by atoms with van der Waals surface area (Å²) in [6.45, 7) is 2.68. The highest BCUT2D eigenvalue weighted by molar-refractivity contribution is 7.98. The fourth-order valence-corrected chi connectivity index (χ4v) is 2.94. The Morgan fingerprint density at radius 2 is 2.14 bits per heavy atom. The first-order valence-electron chi connectivity index (χ1n) is 7.07. The van der Waals surface area contributed by atoms with Crippen LogP contribution in [0.3, 0.4) is 0 Å². The van der Waals surface area contributed by atoms with Gasteiger partial charge in [0.15, 0.2) is 10.9 Å². The smallest absolute Gasteiger partial charge is 0.343 e. The van der Waals surface area contributed by atoms with Crippen LogP contribution < -0.4 is 5.69 Å². The summed E-state index contributed by atoms with van der Waals surface area (Å²) >= 11 is 1.47. The van der Waals surface area contributed by atoms with Crippen molar-refractivity contribution in [2.45, 2.75) is 30.8 Å². The van der Waals surface area contributed by atoms with E-state index in [2.05, 4.69) is 15.4 Å². The Morgan fingerprint density at radius 3 is 2.91 bits per heavy atom. The van der Waals surface area contributed by atoms with Gasteiger partial charge in [-0.3, -0.25) is 4.57 Å². The Bertz CT molecular complexity index is 791. The summed E-state index contributed by atoms with van der Waals surface area (Å²) in [6, 6.07) is 11.7. The molecule has 0 bridgehead atoms. The van der Waals surface area contributed by atoms with Crippen LogP contribution in [-0.4, -0.2) is 19.9 Å². The molecule has 2 heterocycles. The van der Waals surface area contributed by atoms with Crippen LogP contribution in [-0.2, 0) is 12.3 Å². The van der Waals surface area contributed by atoms with Crippen molar-refractivity contribution in [3.8, 4) is 11.3 Å². The Balaban J connectivity index is 1.70. The van der Waals surface area contributed by atoms with E-state index >= 15 is 0 Å². The van der Waals surface area contributed by atoms with Gasteiger partial charge < -0.3 is 4.52 Å². The van der Waals surface area contributed by atoms with Crippen LogP contribution >= 0.6 is 11.8 Å². The number of nitrogens with one attached hydrogen (secondary N) is 1. The Hall–Kier alpha value is -2.28. The first-order chi connectivity index (χ1) is 10.8. The lowest BCUT2D eigenvalue weighted by atomic mass is 10.2. The number of nitrogens with zero attached hydrogens (tertiary/aromatic N) is 3. The van der Waals surface area contributed by atoms with Crippen LogP contribution in [0, 0.1) is 0 Å². The van der Waals surface area contributed by atoms with E-state index in [-0.39, 0.29) is 5.69 Å². The molecule has 22 heavy (non-hydrogen) atoms. The van der Waals surface area contributed by atoms with E-state index in [9.17, 15) is 4.79 Å². The van der Waals surface area contributed by atoms with E-state index in [1.54, 1.807) is 4.57 Å². The molecule has 6 nitrogen and oxygen atoms in total. The predicted octanol–water partition coefficient (Wildman–Crippen LogP) is 2.93. The molecular weight excluding hydrogens is 300 g/mol. The lowest BCUT2D eigenvalue weighted by Gasteiger charge is -2.01. The maximum atomic E-state index is 11.6. The van der Waals surface area contributed by atoms with Gasteiger partial charge in [0.05, 0.1) is 5.69 Å². The number of hydrogen-bond donors (Lipinski definition) is 1. The topological polar surface area (TPSA) is 76.7 Å². The third-order valence-electron chi connectivity index (χ3n) is 3.14. The van der Waals surface area contributed by atoms with Crippen LogP contribution in [0.2, 0.25) is 0 Å². The van der Waals surface area contributed by atoms with Gasteiger partial charge in [-0.15, -0.1) is 5.10 Å². The third kappa shape index (κ3) is 3.14. The van der Waals surface area contributed by atoms with E-state index in [0.29, 0.717) is 17.5 Å². The fraction of sp³-hybridized carbons (Fsp3) is 0.267. The Morgan fingerprint density at radius 1 is 1.32 bits per heavy atom. The van der Waals surface area contributed by atoms with Gasteiger partial charge in [-0.05, 0) is 6.42 Å². The van der Waals surface area contributed by atoms with Crippen molar-refractivity contribution in [1.82, 2.24) is 19.9 Å². The number of thioether (sulfide) groups is 1. The van der Waals surface area contributed by atoms with Crippen LogP contribution in [0.15, 0.2) is 50.9 Å². The molecule has 0 saturated carbocycles. The number of aromatic amines is 1. The lowest BCUT2D eigenvalue weighted by molar-refractivity contribution is 0.426. The normalized spacial score (nSPS) is 11.0. The minimum absolute atomic E-state index is 0.172. The number of H-pyrrole nitrogens is 1. The van der Waals surface area contributed by atoms with Crippen molar-refractivity contribution in [1.29, 1.82) is 0 Å². The monoisotopic (exact) mass is 316 g/mol. The van der Waals surface area contributed by atoms with Crippen molar-refractivity contribution in [2.24, 2.45) is 0 Å². The molecule has 0 unspecified atom stereocenters. The summed E-state index contributed by atoms with van der Waals surface area (Å²) in [7, 11) is 0.